The summed E-state index contributed by atoms with van der Waals surface area (Å²) in [6.07, 6.45) is 4.72. The van der Waals surface area contributed by atoms with Gasteiger partial charge in [0, 0.05) is 17.6 Å². The van der Waals surface area contributed by atoms with Gasteiger partial charge in [-0.05, 0) is 55.2 Å². The lowest BCUT2D eigenvalue weighted by Crippen LogP contribution is -2.52. The zero-order chi connectivity index (χ0) is 22.9. The Morgan fingerprint density at radius 1 is 1.09 bits per heavy atom. The second-order valence-corrected chi connectivity index (χ2v) is 8.40. The van der Waals surface area contributed by atoms with E-state index in [1.165, 1.54) is 0 Å². The number of rotatable bonds is 10. The molecule has 1 N–H and O–H groups in total. The van der Waals surface area contributed by atoms with Gasteiger partial charge in [-0.25, -0.2) is 0 Å². The van der Waals surface area contributed by atoms with Crippen molar-refractivity contribution in [1.82, 2.24) is 10.2 Å². The van der Waals surface area contributed by atoms with Gasteiger partial charge in [0.1, 0.15) is 17.5 Å². The van der Waals surface area contributed by atoms with Gasteiger partial charge in [0.15, 0.2) is 6.61 Å². The molecule has 0 heterocycles. The van der Waals surface area contributed by atoms with E-state index in [-0.39, 0.29) is 31.0 Å². The smallest absolute Gasteiger partial charge is 0.261 e. The molecule has 2 aromatic carbocycles. The van der Waals surface area contributed by atoms with Crippen LogP contribution in [0.3, 0.4) is 0 Å². The van der Waals surface area contributed by atoms with Crippen LogP contribution in [0.5, 0.6) is 11.5 Å². The van der Waals surface area contributed by atoms with Crippen LogP contribution in [0.15, 0.2) is 48.5 Å². The third-order valence-corrected chi connectivity index (χ3v) is 6.18. The van der Waals surface area contributed by atoms with Gasteiger partial charge in [-0.1, -0.05) is 49.6 Å². The molecule has 0 spiro atoms. The maximum absolute atomic E-state index is 13.3. The number of ether oxygens (including phenoxy) is 2. The van der Waals surface area contributed by atoms with Crippen molar-refractivity contribution < 1.29 is 19.1 Å². The molecule has 3 rings (SSSR count). The lowest BCUT2D eigenvalue weighted by atomic mass is 10.1. The van der Waals surface area contributed by atoms with Crippen molar-refractivity contribution in [1.29, 1.82) is 0 Å². The summed E-state index contributed by atoms with van der Waals surface area (Å²) in [7, 11) is 1.59. The van der Waals surface area contributed by atoms with Gasteiger partial charge in [-0.3, -0.25) is 9.59 Å². The highest BCUT2D eigenvalue weighted by molar-refractivity contribution is 6.31. The first kappa shape index (κ1) is 23.9. The lowest BCUT2D eigenvalue weighted by Gasteiger charge is -2.31. The van der Waals surface area contributed by atoms with Crippen LogP contribution >= 0.6 is 11.6 Å². The molecule has 1 aliphatic carbocycles. The minimum absolute atomic E-state index is 0.121. The molecule has 0 saturated heterocycles. The van der Waals surface area contributed by atoms with E-state index in [1.807, 2.05) is 25.1 Å². The molecule has 32 heavy (non-hydrogen) atoms. The number of methoxy groups -OCH3 is 1. The number of hydrogen-bond donors (Lipinski definition) is 1. The third kappa shape index (κ3) is 6.39. The van der Waals surface area contributed by atoms with Crippen LogP contribution in [0.1, 0.15) is 44.6 Å². The number of halogens is 1. The molecular formula is C25H31ClN2O4. The molecule has 1 saturated carbocycles. The van der Waals surface area contributed by atoms with E-state index in [2.05, 4.69) is 5.32 Å². The van der Waals surface area contributed by atoms with E-state index in [9.17, 15) is 9.59 Å². The summed E-state index contributed by atoms with van der Waals surface area (Å²) in [5.74, 6) is 0.873. The van der Waals surface area contributed by atoms with Crippen molar-refractivity contribution in [3.8, 4) is 11.5 Å². The summed E-state index contributed by atoms with van der Waals surface area (Å²) < 4.78 is 10.9. The van der Waals surface area contributed by atoms with Crippen molar-refractivity contribution in [3.63, 3.8) is 0 Å². The van der Waals surface area contributed by atoms with Gasteiger partial charge < -0.3 is 19.7 Å². The fourth-order valence-electron chi connectivity index (χ4n) is 4.00. The monoisotopic (exact) mass is 458 g/mol. The highest BCUT2D eigenvalue weighted by Gasteiger charge is 2.31. The van der Waals surface area contributed by atoms with Gasteiger partial charge in [-0.15, -0.1) is 0 Å². The summed E-state index contributed by atoms with van der Waals surface area (Å²) >= 11 is 6.36. The van der Waals surface area contributed by atoms with Gasteiger partial charge >= 0.3 is 0 Å². The van der Waals surface area contributed by atoms with Crippen LogP contribution < -0.4 is 14.8 Å². The molecule has 1 fully saturated rings. The topological polar surface area (TPSA) is 67.9 Å². The zero-order valence-corrected chi connectivity index (χ0v) is 19.4. The lowest BCUT2D eigenvalue weighted by molar-refractivity contribution is -0.143. The Morgan fingerprint density at radius 2 is 1.75 bits per heavy atom. The molecule has 0 aliphatic heterocycles. The largest absolute Gasteiger partial charge is 0.497 e. The van der Waals surface area contributed by atoms with Crippen LogP contribution in [-0.2, 0) is 16.1 Å². The van der Waals surface area contributed by atoms with E-state index in [0.717, 1.165) is 31.2 Å². The van der Waals surface area contributed by atoms with Crippen LogP contribution in [0.4, 0.5) is 0 Å². The molecular weight excluding hydrogens is 428 g/mol. The van der Waals surface area contributed by atoms with Gasteiger partial charge in [0.05, 0.1) is 7.11 Å². The molecule has 172 valence electrons. The molecule has 0 bridgehead atoms. The van der Waals surface area contributed by atoms with E-state index < -0.39 is 6.04 Å². The first-order valence-electron chi connectivity index (χ1n) is 11.1. The molecule has 1 unspecified atom stereocenters. The number of benzene rings is 2. The maximum atomic E-state index is 13.3. The summed E-state index contributed by atoms with van der Waals surface area (Å²) in [6.45, 7) is 1.97. The number of carbonyl (C=O) groups excluding carboxylic acids is 2. The van der Waals surface area contributed by atoms with Crippen molar-refractivity contribution in [2.24, 2.45) is 0 Å². The first-order chi connectivity index (χ1) is 15.5. The van der Waals surface area contributed by atoms with Crippen LogP contribution in [0, 0.1) is 0 Å². The van der Waals surface area contributed by atoms with Gasteiger partial charge in [0.25, 0.3) is 5.91 Å². The van der Waals surface area contributed by atoms with E-state index in [4.69, 9.17) is 21.1 Å². The molecule has 7 heteroatoms. The Balaban J connectivity index is 1.75. The summed E-state index contributed by atoms with van der Waals surface area (Å²) in [6, 6.07) is 14.0. The average Bonchev–Trinajstić information content (AvgIpc) is 3.32. The predicted octanol–water partition coefficient (Wildman–Crippen LogP) is 4.59. The van der Waals surface area contributed by atoms with Crippen molar-refractivity contribution >= 4 is 23.4 Å². The van der Waals surface area contributed by atoms with Crippen molar-refractivity contribution in [2.75, 3.05) is 13.7 Å². The molecule has 2 amide bonds. The zero-order valence-electron chi connectivity index (χ0n) is 18.7. The Morgan fingerprint density at radius 3 is 2.38 bits per heavy atom. The summed E-state index contributed by atoms with van der Waals surface area (Å²) in [4.78, 5) is 27.9. The molecule has 2 aromatic rings. The minimum Gasteiger partial charge on any atom is -0.497 e. The Hall–Kier alpha value is -2.73. The van der Waals surface area contributed by atoms with Gasteiger partial charge in [0.2, 0.25) is 5.91 Å². The average molecular weight is 459 g/mol. The summed E-state index contributed by atoms with van der Waals surface area (Å²) in [5, 5.41) is 3.69. The highest BCUT2D eigenvalue weighted by atomic mass is 35.5. The third-order valence-electron chi connectivity index (χ3n) is 5.81. The van der Waals surface area contributed by atoms with Crippen LogP contribution in [0.2, 0.25) is 5.02 Å². The molecule has 1 aliphatic rings. The second-order valence-electron chi connectivity index (χ2n) is 7.99. The van der Waals surface area contributed by atoms with Crippen LogP contribution in [-0.4, -0.2) is 42.5 Å². The Labute approximate surface area is 194 Å². The number of hydrogen-bond acceptors (Lipinski definition) is 4. The SMILES string of the molecule is CCC(C(=O)NC1CCCC1)N(Cc1ccccc1Cl)C(=O)COc1ccc(OC)cc1. The molecule has 0 radical (unpaired) electrons. The maximum Gasteiger partial charge on any atom is 0.261 e. The quantitative estimate of drug-likeness (QED) is 0.565. The fourth-order valence-corrected chi connectivity index (χ4v) is 4.19. The molecule has 0 aromatic heterocycles. The predicted molar refractivity (Wildman–Crippen MR) is 125 cm³/mol. The van der Waals surface area contributed by atoms with E-state index in [1.54, 1.807) is 42.3 Å². The van der Waals surface area contributed by atoms with Gasteiger partial charge in [-0.2, -0.15) is 0 Å². The minimum atomic E-state index is -0.598. The molecule has 1 atom stereocenters. The standard InChI is InChI=1S/C25H31ClN2O4/c1-3-23(25(30)27-19-9-5-6-10-19)28(16-18-8-4-7-11-22(18)26)24(29)17-32-21-14-12-20(31-2)13-15-21/h4,7-8,11-15,19,23H,3,5-6,9-10,16-17H2,1-2H3,(H,27,30). The van der Waals surface area contributed by atoms with Crippen molar-refractivity contribution in [2.45, 2.75) is 57.7 Å². The number of nitrogens with one attached hydrogen (secondary N) is 1. The highest BCUT2D eigenvalue weighted by Crippen LogP contribution is 2.22. The number of carbonyl (C=O) groups is 2. The Bertz CT molecular complexity index is 897. The Kier molecular flexibility index (Phi) is 8.80. The summed E-state index contributed by atoms with van der Waals surface area (Å²) in [5.41, 5.74) is 0.791. The first-order valence-corrected chi connectivity index (χ1v) is 11.5. The van der Waals surface area contributed by atoms with E-state index in [0.29, 0.717) is 22.9 Å². The number of amides is 2. The normalized spacial score (nSPS) is 14.6. The molecule has 6 nitrogen and oxygen atoms in total. The number of nitrogens with zero attached hydrogens (tertiary/aromatic N) is 1. The fraction of sp³-hybridized carbons (Fsp3) is 0.440. The second kappa shape index (κ2) is 11.8. The van der Waals surface area contributed by atoms with E-state index >= 15 is 0 Å². The van der Waals surface area contributed by atoms with Crippen LogP contribution in [0.25, 0.3) is 0 Å². The van der Waals surface area contributed by atoms with Crippen molar-refractivity contribution in [3.05, 3.63) is 59.1 Å².